The summed E-state index contributed by atoms with van der Waals surface area (Å²) >= 11 is 1.52. The third-order valence-electron chi connectivity index (χ3n) is 4.28. The predicted molar refractivity (Wildman–Crippen MR) is 115 cm³/mol. The fourth-order valence-electron chi connectivity index (χ4n) is 2.78. The lowest BCUT2D eigenvalue weighted by Gasteiger charge is -2.15. The highest BCUT2D eigenvalue weighted by Gasteiger charge is 2.16. The molecule has 2 heterocycles. The summed E-state index contributed by atoms with van der Waals surface area (Å²) in [7, 11) is 1.60. The fourth-order valence-corrected chi connectivity index (χ4v) is 3.68. The molecule has 0 radical (unpaired) electrons. The van der Waals surface area contributed by atoms with Gasteiger partial charge in [-0.2, -0.15) is 0 Å². The third kappa shape index (κ3) is 4.35. The molecule has 1 atom stereocenters. The number of anilines is 1. The van der Waals surface area contributed by atoms with Crippen molar-refractivity contribution in [2.24, 2.45) is 0 Å². The fraction of sp³-hybridized carbons (Fsp3) is 0.136. The molecule has 0 spiro atoms. The van der Waals surface area contributed by atoms with E-state index >= 15 is 0 Å². The van der Waals surface area contributed by atoms with Crippen LogP contribution >= 0.6 is 11.3 Å². The van der Waals surface area contributed by atoms with Crippen molar-refractivity contribution in [2.75, 3.05) is 12.4 Å². The number of aromatic nitrogens is 2. The summed E-state index contributed by atoms with van der Waals surface area (Å²) in [6, 6.07) is 18.5. The summed E-state index contributed by atoms with van der Waals surface area (Å²) in [5, 5.41) is 3.76. The molecule has 1 unspecified atom stereocenters. The molecule has 0 bridgehead atoms. The zero-order valence-electron chi connectivity index (χ0n) is 16.0. The van der Waals surface area contributed by atoms with Gasteiger partial charge in [-0.05, 0) is 55.5 Å². The second-order valence-electron chi connectivity index (χ2n) is 6.35. The van der Waals surface area contributed by atoms with Gasteiger partial charge in [0, 0.05) is 17.4 Å². The smallest absolute Gasteiger partial charge is 0.265 e. The van der Waals surface area contributed by atoms with Gasteiger partial charge in [-0.25, -0.2) is 9.97 Å². The van der Waals surface area contributed by atoms with Crippen LogP contribution in [0.1, 0.15) is 6.92 Å². The normalized spacial score (nSPS) is 11.8. The largest absolute Gasteiger partial charge is 0.497 e. The first-order valence-corrected chi connectivity index (χ1v) is 9.87. The van der Waals surface area contributed by atoms with Crippen molar-refractivity contribution in [1.82, 2.24) is 9.97 Å². The molecule has 4 rings (SSSR count). The maximum absolute atomic E-state index is 12.5. The Morgan fingerprint density at radius 3 is 2.62 bits per heavy atom. The van der Waals surface area contributed by atoms with Crippen molar-refractivity contribution >= 4 is 33.3 Å². The molecule has 0 saturated heterocycles. The first-order valence-electron chi connectivity index (χ1n) is 9.06. The standard InChI is InChI=1S/C22H19N3O3S/c1-14(28-18-10-8-17(27-2)9-11-18)20(26)24-16-6-3-5-15(13-16)21-25-19-7-4-12-23-22(19)29-21/h3-14H,1-2H3,(H,24,26). The first kappa shape index (κ1) is 18.9. The van der Waals surface area contributed by atoms with E-state index in [-0.39, 0.29) is 5.91 Å². The average Bonchev–Trinajstić information content (AvgIpc) is 3.19. The number of amides is 1. The van der Waals surface area contributed by atoms with Crippen LogP contribution in [0.5, 0.6) is 11.5 Å². The minimum atomic E-state index is -0.654. The summed E-state index contributed by atoms with van der Waals surface area (Å²) in [6.45, 7) is 1.71. The van der Waals surface area contributed by atoms with E-state index in [1.54, 1.807) is 44.5 Å². The predicted octanol–water partition coefficient (Wildman–Crippen LogP) is 4.77. The van der Waals surface area contributed by atoms with E-state index in [4.69, 9.17) is 9.47 Å². The van der Waals surface area contributed by atoms with Crippen LogP contribution in [-0.2, 0) is 4.79 Å². The van der Waals surface area contributed by atoms with Gasteiger partial charge < -0.3 is 14.8 Å². The summed E-state index contributed by atoms with van der Waals surface area (Å²) in [4.78, 5) is 22.4. The molecular weight excluding hydrogens is 386 g/mol. The molecule has 0 aliphatic heterocycles. The van der Waals surface area contributed by atoms with Crippen molar-refractivity contribution in [3.05, 3.63) is 66.9 Å². The highest BCUT2D eigenvalue weighted by Crippen LogP contribution is 2.30. The number of nitrogens with one attached hydrogen (secondary N) is 1. The van der Waals surface area contributed by atoms with Gasteiger partial charge in [0.15, 0.2) is 6.10 Å². The van der Waals surface area contributed by atoms with Crippen LogP contribution < -0.4 is 14.8 Å². The van der Waals surface area contributed by atoms with Gasteiger partial charge in [0.2, 0.25) is 0 Å². The first-order chi connectivity index (χ1) is 14.1. The summed E-state index contributed by atoms with van der Waals surface area (Å²) < 4.78 is 10.8. The van der Waals surface area contributed by atoms with E-state index in [1.807, 2.05) is 36.4 Å². The molecule has 1 N–H and O–H groups in total. The third-order valence-corrected chi connectivity index (χ3v) is 5.31. The van der Waals surface area contributed by atoms with E-state index in [0.29, 0.717) is 11.4 Å². The quantitative estimate of drug-likeness (QED) is 0.500. The molecule has 4 aromatic rings. The number of nitrogens with zero attached hydrogens (tertiary/aromatic N) is 2. The van der Waals surface area contributed by atoms with Gasteiger partial charge in [-0.3, -0.25) is 4.79 Å². The molecule has 7 heteroatoms. The SMILES string of the molecule is COc1ccc(OC(C)C(=O)Nc2cccc(-c3nc4cccnc4s3)c2)cc1. The minimum Gasteiger partial charge on any atom is -0.497 e. The van der Waals surface area contributed by atoms with E-state index in [2.05, 4.69) is 15.3 Å². The number of ether oxygens (including phenoxy) is 2. The maximum atomic E-state index is 12.5. The van der Waals surface area contributed by atoms with Crippen LogP contribution in [0.2, 0.25) is 0 Å². The van der Waals surface area contributed by atoms with Crippen molar-refractivity contribution in [2.45, 2.75) is 13.0 Å². The summed E-state index contributed by atoms with van der Waals surface area (Å²) in [6.07, 6.45) is 1.10. The number of methoxy groups -OCH3 is 1. The second-order valence-corrected chi connectivity index (χ2v) is 7.33. The van der Waals surface area contributed by atoms with Crippen LogP contribution in [0.3, 0.4) is 0 Å². The number of rotatable bonds is 6. The van der Waals surface area contributed by atoms with Crippen LogP contribution in [0, 0.1) is 0 Å². The molecule has 2 aromatic heterocycles. The molecule has 2 aromatic carbocycles. The number of carbonyl (C=O) groups excluding carboxylic acids is 1. The number of hydrogen-bond acceptors (Lipinski definition) is 6. The zero-order valence-corrected chi connectivity index (χ0v) is 16.8. The monoisotopic (exact) mass is 405 g/mol. The molecule has 1 amide bonds. The van der Waals surface area contributed by atoms with E-state index in [1.165, 1.54) is 11.3 Å². The Hall–Kier alpha value is -3.45. The average molecular weight is 405 g/mol. The van der Waals surface area contributed by atoms with Gasteiger partial charge in [-0.1, -0.05) is 23.5 Å². The van der Waals surface area contributed by atoms with Crippen LogP contribution in [-0.4, -0.2) is 29.1 Å². The van der Waals surface area contributed by atoms with Crippen LogP contribution in [0.15, 0.2) is 66.9 Å². The summed E-state index contributed by atoms with van der Waals surface area (Å²) in [5.74, 6) is 1.10. The Bertz CT molecular complexity index is 1110. The maximum Gasteiger partial charge on any atom is 0.265 e. The highest BCUT2D eigenvalue weighted by atomic mass is 32.1. The topological polar surface area (TPSA) is 73.3 Å². The van der Waals surface area contributed by atoms with Gasteiger partial charge in [0.05, 0.1) is 7.11 Å². The lowest BCUT2D eigenvalue weighted by atomic mass is 10.2. The summed E-state index contributed by atoms with van der Waals surface area (Å²) in [5.41, 5.74) is 2.47. The van der Waals surface area contributed by atoms with Gasteiger partial charge >= 0.3 is 0 Å². The van der Waals surface area contributed by atoms with E-state index in [9.17, 15) is 4.79 Å². The molecule has 0 aliphatic rings. The van der Waals surface area contributed by atoms with Gasteiger partial charge in [0.25, 0.3) is 5.91 Å². The molecule has 6 nitrogen and oxygen atoms in total. The lowest BCUT2D eigenvalue weighted by molar-refractivity contribution is -0.122. The number of benzene rings is 2. The van der Waals surface area contributed by atoms with Gasteiger partial charge in [0.1, 0.15) is 26.9 Å². The Labute approximate surface area is 172 Å². The Morgan fingerprint density at radius 2 is 1.86 bits per heavy atom. The van der Waals surface area contributed by atoms with E-state index in [0.717, 1.165) is 26.7 Å². The lowest BCUT2D eigenvalue weighted by Crippen LogP contribution is -2.30. The number of fused-ring (bicyclic) bond motifs is 1. The molecular formula is C22H19N3O3S. The van der Waals surface area contributed by atoms with Crippen molar-refractivity contribution in [1.29, 1.82) is 0 Å². The van der Waals surface area contributed by atoms with E-state index < -0.39 is 6.10 Å². The Balaban J connectivity index is 1.45. The van der Waals surface area contributed by atoms with Crippen LogP contribution in [0.25, 0.3) is 20.9 Å². The van der Waals surface area contributed by atoms with Crippen molar-refractivity contribution in [3.63, 3.8) is 0 Å². The Morgan fingerprint density at radius 1 is 1.07 bits per heavy atom. The number of hydrogen-bond donors (Lipinski definition) is 1. The molecule has 146 valence electrons. The van der Waals surface area contributed by atoms with Crippen LogP contribution in [0.4, 0.5) is 5.69 Å². The zero-order chi connectivity index (χ0) is 20.2. The Kier molecular flexibility index (Phi) is 5.39. The van der Waals surface area contributed by atoms with Gasteiger partial charge in [-0.15, -0.1) is 0 Å². The number of carbonyl (C=O) groups is 1. The second kappa shape index (κ2) is 8.28. The molecule has 0 fully saturated rings. The molecule has 29 heavy (non-hydrogen) atoms. The highest BCUT2D eigenvalue weighted by molar-refractivity contribution is 7.21. The van der Waals surface area contributed by atoms with Crippen molar-refractivity contribution in [3.8, 4) is 22.1 Å². The minimum absolute atomic E-state index is 0.232. The molecule has 0 aliphatic carbocycles. The van der Waals surface area contributed by atoms with Crippen molar-refractivity contribution < 1.29 is 14.3 Å². The number of pyridine rings is 1. The molecule has 0 saturated carbocycles. The number of thiazole rings is 1.